The Morgan fingerprint density at radius 1 is 0.800 bits per heavy atom. The first-order chi connectivity index (χ1) is 12.2. The molecule has 0 bridgehead atoms. The molecule has 3 aromatic heterocycles. The minimum absolute atomic E-state index is 0.350. The number of hydrogen-bond acceptors (Lipinski definition) is 3. The summed E-state index contributed by atoms with van der Waals surface area (Å²) in [4.78, 5) is 13.3. The first-order valence-electron chi connectivity index (χ1n) is 8.11. The highest BCUT2D eigenvalue weighted by Crippen LogP contribution is 2.24. The van der Waals surface area contributed by atoms with Gasteiger partial charge in [-0.25, -0.2) is 0 Å². The minimum atomic E-state index is -1.36. The van der Waals surface area contributed by atoms with E-state index < -0.39 is 6.99 Å². The van der Waals surface area contributed by atoms with Gasteiger partial charge in [-0.3, -0.25) is 15.0 Å². The smallest absolute Gasteiger partial charge is 0.319 e. The highest BCUT2D eigenvalue weighted by atomic mass is 19.1. The van der Waals surface area contributed by atoms with Crippen molar-refractivity contribution in [1.29, 1.82) is 0 Å². The van der Waals surface area contributed by atoms with Gasteiger partial charge in [-0.15, -0.1) is 0 Å². The van der Waals surface area contributed by atoms with Crippen LogP contribution in [0.25, 0.3) is 22.2 Å². The molecule has 0 fully saturated rings. The predicted molar refractivity (Wildman–Crippen MR) is 100 cm³/mol. The average Bonchev–Trinajstić information content (AvgIpc) is 2.67. The number of fused-ring (bicyclic) bond motifs is 1. The molecule has 0 aliphatic rings. The molecule has 120 valence electrons. The Morgan fingerprint density at radius 3 is 2.36 bits per heavy atom. The van der Waals surface area contributed by atoms with Crippen LogP contribution in [0.4, 0.5) is 4.32 Å². The number of halogens is 1. The molecule has 0 aliphatic heterocycles. The molecule has 3 heterocycles. The second kappa shape index (κ2) is 6.44. The lowest BCUT2D eigenvalue weighted by atomic mass is 9.64. The van der Waals surface area contributed by atoms with E-state index in [-0.39, 0.29) is 0 Å². The van der Waals surface area contributed by atoms with E-state index in [1.807, 2.05) is 61.5 Å². The molecule has 25 heavy (non-hydrogen) atoms. The topological polar surface area (TPSA) is 38.7 Å². The van der Waals surface area contributed by atoms with Gasteiger partial charge in [-0.1, -0.05) is 36.4 Å². The molecule has 0 radical (unpaired) electrons. The number of para-hydroxylation sites is 1. The van der Waals surface area contributed by atoms with Gasteiger partial charge in [0.1, 0.15) is 0 Å². The Balaban J connectivity index is 1.79. The normalized spacial score (nSPS) is 10.8. The Hall–Kier alpha value is -3.08. The Morgan fingerprint density at radius 2 is 1.52 bits per heavy atom. The van der Waals surface area contributed by atoms with E-state index >= 15 is 0 Å². The van der Waals surface area contributed by atoms with Gasteiger partial charge in [0.2, 0.25) is 0 Å². The van der Waals surface area contributed by atoms with E-state index in [1.54, 1.807) is 18.3 Å². The molecule has 0 saturated carbocycles. The molecule has 0 atom stereocenters. The number of rotatable bonds is 3. The zero-order valence-corrected chi connectivity index (χ0v) is 13.7. The van der Waals surface area contributed by atoms with Gasteiger partial charge in [-0.2, -0.15) is 0 Å². The molecule has 1 aromatic carbocycles. The lowest BCUT2D eigenvalue weighted by molar-refractivity contribution is 0.857. The fourth-order valence-corrected chi connectivity index (χ4v) is 2.91. The van der Waals surface area contributed by atoms with Crippen molar-refractivity contribution in [2.24, 2.45) is 0 Å². The quantitative estimate of drug-likeness (QED) is 0.543. The molecule has 0 saturated heterocycles. The van der Waals surface area contributed by atoms with Gasteiger partial charge in [0.05, 0.1) is 22.4 Å². The van der Waals surface area contributed by atoms with Gasteiger partial charge in [0, 0.05) is 22.8 Å². The number of hydrogen-bond donors (Lipinski definition) is 0. The van der Waals surface area contributed by atoms with E-state index in [0.29, 0.717) is 16.9 Å². The Bertz CT molecular complexity index is 1050. The highest BCUT2D eigenvalue weighted by Gasteiger charge is 2.23. The van der Waals surface area contributed by atoms with Gasteiger partial charge < -0.3 is 4.32 Å². The van der Waals surface area contributed by atoms with E-state index in [1.165, 1.54) is 0 Å². The molecule has 0 unspecified atom stereocenters. The Labute approximate surface area is 145 Å². The maximum absolute atomic E-state index is 14.9. The van der Waals surface area contributed by atoms with Crippen molar-refractivity contribution in [3.8, 4) is 11.3 Å². The van der Waals surface area contributed by atoms with Crippen molar-refractivity contribution < 1.29 is 4.32 Å². The summed E-state index contributed by atoms with van der Waals surface area (Å²) in [5, 5.41) is 1.03. The second-order valence-corrected chi connectivity index (χ2v) is 5.89. The number of benzene rings is 1. The summed E-state index contributed by atoms with van der Waals surface area (Å²) in [5.41, 5.74) is 3.97. The molecule has 0 spiro atoms. The van der Waals surface area contributed by atoms with E-state index in [4.69, 9.17) is 0 Å². The molecule has 0 N–H and O–H groups in total. The average molecular weight is 327 g/mol. The SMILES string of the molecule is Cc1cccc(B(F)c2cccc(-c3cccc4cccnc34)n2)n1. The van der Waals surface area contributed by atoms with Crippen LogP contribution in [0.1, 0.15) is 5.69 Å². The van der Waals surface area contributed by atoms with Crippen molar-refractivity contribution in [1.82, 2.24) is 15.0 Å². The van der Waals surface area contributed by atoms with E-state index in [0.717, 1.165) is 22.2 Å². The van der Waals surface area contributed by atoms with Crippen molar-refractivity contribution in [2.45, 2.75) is 6.92 Å². The van der Waals surface area contributed by atoms with Crippen LogP contribution < -0.4 is 11.2 Å². The Kier molecular flexibility index (Phi) is 3.98. The molecular weight excluding hydrogens is 312 g/mol. The first kappa shape index (κ1) is 15.5. The van der Waals surface area contributed by atoms with Crippen LogP contribution in [0.5, 0.6) is 0 Å². The molecule has 5 heteroatoms. The van der Waals surface area contributed by atoms with Crippen LogP contribution in [-0.4, -0.2) is 21.9 Å². The zero-order chi connectivity index (χ0) is 17.2. The summed E-state index contributed by atoms with van der Waals surface area (Å²) < 4.78 is 14.9. The fraction of sp³-hybridized carbons (Fsp3) is 0.0500. The van der Waals surface area contributed by atoms with Crippen LogP contribution in [0, 0.1) is 6.92 Å². The lowest BCUT2D eigenvalue weighted by Gasteiger charge is -2.09. The standard InChI is InChI=1S/C20H15BFN3/c1-14-6-2-11-18(24-14)21(22)19-12-4-10-17(25-19)16-9-3-7-15-8-5-13-23-20(15)16/h2-13H,1H3. The van der Waals surface area contributed by atoms with Crippen molar-refractivity contribution in [2.75, 3.05) is 0 Å². The summed E-state index contributed by atoms with van der Waals surface area (Å²) in [6, 6.07) is 20.6. The van der Waals surface area contributed by atoms with Crippen LogP contribution in [0.3, 0.4) is 0 Å². The van der Waals surface area contributed by atoms with Gasteiger partial charge in [0.25, 0.3) is 0 Å². The summed E-state index contributed by atoms with van der Waals surface area (Å²) in [6.07, 6.45) is 1.75. The van der Waals surface area contributed by atoms with Crippen molar-refractivity contribution in [3.63, 3.8) is 0 Å². The largest absolute Gasteiger partial charge is 0.450 e. The van der Waals surface area contributed by atoms with Gasteiger partial charge >= 0.3 is 6.99 Å². The van der Waals surface area contributed by atoms with Crippen LogP contribution in [0.2, 0.25) is 0 Å². The van der Waals surface area contributed by atoms with Gasteiger partial charge in [-0.05, 0) is 37.3 Å². The van der Waals surface area contributed by atoms with Crippen molar-refractivity contribution >= 4 is 29.1 Å². The molecule has 0 amide bonds. The van der Waals surface area contributed by atoms with E-state index in [2.05, 4.69) is 15.0 Å². The summed E-state index contributed by atoms with van der Waals surface area (Å²) >= 11 is 0. The van der Waals surface area contributed by atoms with E-state index in [9.17, 15) is 4.32 Å². The predicted octanol–water partition coefficient (Wildman–Crippen LogP) is 3.08. The molecule has 4 aromatic rings. The van der Waals surface area contributed by atoms with Crippen LogP contribution >= 0.6 is 0 Å². The summed E-state index contributed by atoms with van der Waals surface area (Å²) in [7, 11) is 0. The summed E-state index contributed by atoms with van der Waals surface area (Å²) in [6.45, 7) is 0.491. The number of aryl methyl sites for hydroxylation is 1. The maximum atomic E-state index is 14.9. The molecular formula is C20H15BFN3. The number of aromatic nitrogens is 3. The maximum Gasteiger partial charge on any atom is 0.450 e. The molecule has 4 rings (SSSR count). The number of pyridine rings is 3. The molecule has 0 aliphatic carbocycles. The third-order valence-electron chi connectivity index (χ3n) is 4.11. The lowest BCUT2D eigenvalue weighted by Crippen LogP contribution is -2.42. The van der Waals surface area contributed by atoms with Gasteiger partial charge in [0.15, 0.2) is 0 Å². The third-order valence-corrected chi connectivity index (χ3v) is 4.11. The zero-order valence-electron chi connectivity index (χ0n) is 13.7. The highest BCUT2D eigenvalue weighted by molar-refractivity contribution is 6.78. The van der Waals surface area contributed by atoms with Crippen LogP contribution in [-0.2, 0) is 0 Å². The fourth-order valence-electron chi connectivity index (χ4n) is 2.91. The minimum Gasteiger partial charge on any atom is -0.319 e. The monoisotopic (exact) mass is 327 g/mol. The molecule has 3 nitrogen and oxygen atoms in total. The third kappa shape index (κ3) is 3.01. The second-order valence-electron chi connectivity index (χ2n) is 5.89. The number of nitrogens with zero attached hydrogens (tertiary/aromatic N) is 3. The van der Waals surface area contributed by atoms with Crippen molar-refractivity contribution in [3.05, 3.63) is 78.6 Å². The van der Waals surface area contributed by atoms with Crippen LogP contribution in [0.15, 0.2) is 72.9 Å². The first-order valence-corrected chi connectivity index (χ1v) is 8.11. The summed E-state index contributed by atoms with van der Waals surface area (Å²) in [5.74, 6) is 0.